The van der Waals surface area contributed by atoms with Gasteiger partial charge < -0.3 is 9.64 Å². The first-order valence-electron chi connectivity index (χ1n) is 9.68. The Morgan fingerprint density at radius 1 is 1.10 bits per heavy atom. The van der Waals surface area contributed by atoms with Crippen LogP contribution < -0.4 is 4.90 Å². The van der Waals surface area contributed by atoms with Gasteiger partial charge in [0.15, 0.2) is 11.9 Å². The highest BCUT2D eigenvalue weighted by Crippen LogP contribution is 2.32. The first-order valence-corrected chi connectivity index (χ1v) is 10.9. The van der Waals surface area contributed by atoms with Gasteiger partial charge in [-0.25, -0.2) is 0 Å². The van der Waals surface area contributed by atoms with Crippen molar-refractivity contribution in [2.24, 2.45) is 0 Å². The molecule has 152 valence electrons. The molecular weight excluding hydrogens is 386 g/mol. The lowest BCUT2D eigenvalue weighted by Crippen LogP contribution is -2.43. The Hall–Kier alpha value is -2.60. The summed E-state index contributed by atoms with van der Waals surface area (Å²) in [7, 11) is 0. The summed E-state index contributed by atoms with van der Waals surface area (Å²) < 4.78 is 5.33. The number of benzene rings is 2. The van der Waals surface area contributed by atoms with Gasteiger partial charge in [0.1, 0.15) is 0 Å². The molecule has 1 aliphatic heterocycles. The third-order valence-corrected chi connectivity index (χ3v) is 5.81. The highest BCUT2D eigenvalue weighted by atomic mass is 32.2. The lowest BCUT2D eigenvalue weighted by atomic mass is 10.1. The summed E-state index contributed by atoms with van der Waals surface area (Å²) in [5, 5.41) is 0. The van der Waals surface area contributed by atoms with Crippen molar-refractivity contribution in [1.29, 1.82) is 0 Å². The Kier molecular flexibility index (Phi) is 6.75. The number of amides is 1. The van der Waals surface area contributed by atoms with E-state index in [0.29, 0.717) is 5.56 Å². The lowest BCUT2D eigenvalue weighted by Gasteiger charge is -2.25. The molecule has 6 heteroatoms. The van der Waals surface area contributed by atoms with Gasteiger partial charge in [-0.2, -0.15) is 0 Å². The van der Waals surface area contributed by atoms with Crippen molar-refractivity contribution in [3.05, 3.63) is 59.7 Å². The number of esters is 1. The zero-order valence-electron chi connectivity index (χ0n) is 16.9. The van der Waals surface area contributed by atoms with Gasteiger partial charge in [-0.3, -0.25) is 14.4 Å². The van der Waals surface area contributed by atoms with Gasteiger partial charge in [0.2, 0.25) is 0 Å². The SMILES string of the molecule is CSc1ccc(C(=O)CCC(=O)OC(C)C(=O)N2c3ccccc3CC2C)cc1. The van der Waals surface area contributed by atoms with Crippen molar-refractivity contribution in [2.45, 2.75) is 50.2 Å². The second kappa shape index (κ2) is 9.27. The molecule has 29 heavy (non-hydrogen) atoms. The summed E-state index contributed by atoms with van der Waals surface area (Å²) in [5.74, 6) is -0.898. The highest BCUT2D eigenvalue weighted by molar-refractivity contribution is 7.98. The maximum Gasteiger partial charge on any atom is 0.307 e. The monoisotopic (exact) mass is 411 g/mol. The van der Waals surface area contributed by atoms with Crippen LogP contribution in [0.4, 0.5) is 5.69 Å². The van der Waals surface area contributed by atoms with Crippen LogP contribution in [0.1, 0.15) is 42.6 Å². The van der Waals surface area contributed by atoms with Crippen molar-refractivity contribution in [1.82, 2.24) is 0 Å². The Bertz CT molecular complexity index is 909. The number of nitrogens with zero attached hydrogens (tertiary/aromatic N) is 1. The highest BCUT2D eigenvalue weighted by Gasteiger charge is 2.34. The van der Waals surface area contributed by atoms with Crippen LogP contribution >= 0.6 is 11.8 Å². The second-order valence-electron chi connectivity index (χ2n) is 7.17. The number of ether oxygens (including phenoxy) is 1. The smallest absolute Gasteiger partial charge is 0.307 e. The molecule has 0 saturated carbocycles. The summed E-state index contributed by atoms with van der Waals surface area (Å²) in [4.78, 5) is 40.1. The fourth-order valence-corrected chi connectivity index (χ4v) is 3.95. The molecule has 0 aliphatic carbocycles. The number of thioether (sulfide) groups is 1. The molecule has 5 nitrogen and oxygen atoms in total. The van der Waals surface area contributed by atoms with E-state index in [2.05, 4.69) is 0 Å². The Balaban J connectivity index is 1.53. The van der Waals surface area contributed by atoms with Gasteiger partial charge in [-0.1, -0.05) is 30.3 Å². The van der Waals surface area contributed by atoms with E-state index in [4.69, 9.17) is 4.74 Å². The average molecular weight is 412 g/mol. The molecule has 2 aromatic rings. The molecule has 2 aromatic carbocycles. The number of ketones is 1. The van der Waals surface area contributed by atoms with Gasteiger partial charge in [0.25, 0.3) is 5.91 Å². The summed E-state index contributed by atoms with van der Waals surface area (Å²) in [6.45, 7) is 3.56. The predicted molar refractivity (Wildman–Crippen MR) is 114 cm³/mol. The van der Waals surface area contributed by atoms with Gasteiger partial charge in [-0.05, 0) is 50.3 Å². The number of hydrogen-bond donors (Lipinski definition) is 0. The number of carbonyl (C=O) groups is 3. The van der Waals surface area contributed by atoms with E-state index >= 15 is 0 Å². The molecule has 0 spiro atoms. The molecular formula is C23H25NO4S. The largest absolute Gasteiger partial charge is 0.453 e. The molecule has 3 rings (SSSR count). The van der Waals surface area contributed by atoms with Crippen LogP contribution in [0.2, 0.25) is 0 Å². The van der Waals surface area contributed by atoms with E-state index in [1.165, 1.54) is 0 Å². The number of hydrogen-bond acceptors (Lipinski definition) is 5. The van der Waals surface area contributed by atoms with Gasteiger partial charge in [0.05, 0.1) is 6.42 Å². The minimum Gasteiger partial charge on any atom is -0.453 e. The zero-order valence-corrected chi connectivity index (χ0v) is 17.7. The van der Waals surface area contributed by atoms with E-state index in [1.54, 1.807) is 35.7 Å². The quantitative estimate of drug-likeness (QED) is 0.387. The minimum absolute atomic E-state index is 0.0203. The third kappa shape index (κ3) is 4.88. The van der Waals surface area contributed by atoms with Crippen molar-refractivity contribution < 1.29 is 19.1 Å². The number of fused-ring (bicyclic) bond motifs is 1. The summed E-state index contributed by atoms with van der Waals surface area (Å²) >= 11 is 1.60. The maximum absolute atomic E-state index is 12.9. The molecule has 0 radical (unpaired) electrons. The average Bonchev–Trinajstić information content (AvgIpc) is 3.07. The fourth-order valence-electron chi connectivity index (χ4n) is 3.54. The molecule has 0 fully saturated rings. The molecule has 0 aromatic heterocycles. The Morgan fingerprint density at radius 2 is 1.79 bits per heavy atom. The first kappa shape index (κ1) is 21.1. The normalized spacial score (nSPS) is 16.2. The number of para-hydroxylation sites is 1. The van der Waals surface area contributed by atoms with E-state index < -0.39 is 12.1 Å². The number of carbonyl (C=O) groups excluding carboxylic acids is 3. The number of Topliss-reactive ketones (excluding diaryl/α,β-unsaturated/α-hetero) is 1. The molecule has 0 N–H and O–H groups in total. The van der Waals surface area contributed by atoms with Crippen molar-refractivity contribution in [2.75, 3.05) is 11.2 Å². The van der Waals surface area contributed by atoms with Crippen LogP contribution in [0.15, 0.2) is 53.4 Å². The summed E-state index contributed by atoms with van der Waals surface area (Å²) in [5.41, 5.74) is 2.56. The molecule has 2 unspecified atom stereocenters. The minimum atomic E-state index is -0.896. The van der Waals surface area contributed by atoms with Crippen LogP contribution in [0, 0.1) is 0 Å². The molecule has 2 atom stereocenters. The third-order valence-electron chi connectivity index (χ3n) is 5.07. The van der Waals surface area contributed by atoms with Crippen molar-refractivity contribution in [3.8, 4) is 0 Å². The number of rotatable bonds is 7. The summed E-state index contributed by atoms with van der Waals surface area (Å²) in [6.07, 6.45) is 1.87. The Labute approximate surface area is 175 Å². The van der Waals surface area contributed by atoms with Gasteiger partial charge in [-0.15, -0.1) is 11.8 Å². The lowest BCUT2D eigenvalue weighted by molar-refractivity contribution is -0.153. The predicted octanol–water partition coefficient (Wildman–Crippen LogP) is 4.28. The Morgan fingerprint density at radius 3 is 2.48 bits per heavy atom. The van der Waals surface area contributed by atoms with E-state index in [0.717, 1.165) is 22.6 Å². The van der Waals surface area contributed by atoms with Crippen LogP contribution in [0.25, 0.3) is 0 Å². The van der Waals surface area contributed by atoms with E-state index in [9.17, 15) is 14.4 Å². The van der Waals surface area contributed by atoms with E-state index in [-0.39, 0.29) is 30.6 Å². The van der Waals surface area contributed by atoms with Crippen molar-refractivity contribution >= 4 is 35.1 Å². The molecule has 1 amide bonds. The molecule has 0 saturated heterocycles. The standard InChI is InChI=1S/C23H25NO4S/c1-15-14-18-6-4-5-7-20(18)24(15)23(27)16(2)28-22(26)13-12-21(25)17-8-10-19(29-3)11-9-17/h4-11,15-16H,12-14H2,1-3H3. The van der Waals surface area contributed by atoms with Crippen LogP contribution in [-0.4, -0.2) is 36.1 Å². The number of anilines is 1. The fraction of sp³-hybridized carbons (Fsp3) is 0.348. The zero-order chi connectivity index (χ0) is 21.0. The van der Waals surface area contributed by atoms with Gasteiger partial charge >= 0.3 is 5.97 Å². The molecule has 1 aliphatic rings. The topological polar surface area (TPSA) is 63.7 Å². The van der Waals surface area contributed by atoms with E-state index in [1.807, 2.05) is 49.6 Å². The molecule has 0 bridgehead atoms. The first-order chi connectivity index (χ1) is 13.9. The maximum atomic E-state index is 12.9. The van der Waals surface area contributed by atoms with Gasteiger partial charge in [0, 0.05) is 28.6 Å². The van der Waals surface area contributed by atoms with Crippen LogP contribution in [0.5, 0.6) is 0 Å². The summed E-state index contributed by atoms with van der Waals surface area (Å²) in [6, 6.07) is 15.1. The van der Waals surface area contributed by atoms with Crippen molar-refractivity contribution in [3.63, 3.8) is 0 Å². The van der Waals surface area contributed by atoms with Crippen LogP contribution in [0.3, 0.4) is 0 Å². The second-order valence-corrected chi connectivity index (χ2v) is 8.05. The molecule has 1 heterocycles. The van der Waals surface area contributed by atoms with Crippen LogP contribution in [-0.2, 0) is 20.7 Å².